The van der Waals surface area contributed by atoms with Crippen LogP contribution in [0.2, 0.25) is 0 Å². The van der Waals surface area contributed by atoms with Gasteiger partial charge in [0.1, 0.15) is 5.75 Å². The second-order valence-corrected chi connectivity index (χ2v) is 4.93. The molecule has 3 nitrogen and oxygen atoms in total. The van der Waals surface area contributed by atoms with Crippen molar-refractivity contribution in [2.24, 2.45) is 5.73 Å². The zero-order valence-electron chi connectivity index (χ0n) is 12.6. The molecule has 0 amide bonds. The molecule has 0 heterocycles. The van der Waals surface area contributed by atoms with Crippen LogP contribution in [-0.4, -0.2) is 6.36 Å². The zero-order chi connectivity index (χ0) is 15.1. The first-order chi connectivity index (χ1) is 9.47. The lowest BCUT2D eigenvalue weighted by Crippen LogP contribution is -2.12. The van der Waals surface area contributed by atoms with Crippen LogP contribution in [0.3, 0.4) is 0 Å². The fraction of sp³-hybridized carbons (Fsp3) is 0.500. The number of halogens is 1. The predicted octanol–water partition coefficient (Wildman–Crippen LogP) is 4.13. The molecule has 0 aliphatic rings. The summed E-state index contributed by atoms with van der Waals surface area (Å²) in [5, 5.41) is 3.13. The van der Waals surface area contributed by atoms with Crippen LogP contribution in [0.25, 0.3) is 0 Å². The van der Waals surface area contributed by atoms with Gasteiger partial charge in [-0.3, -0.25) is 0 Å². The molecule has 0 bridgehead atoms. The minimum Gasteiger partial charge on any atom is -0.461 e. The van der Waals surface area contributed by atoms with Crippen LogP contribution in [-0.2, 0) is 12.8 Å². The van der Waals surface area contributed by atoms with Crippen molar-refractivity contribution in [1.29, 1.82) is 0 Å². The summed E-state index contributed by atoms with van der Waals surface area (Å²) < 4.78 is 18.3. The molecule has 0 aromatic heterocycles. The van der Waals surface area contributed by atoms with Gasteiger partial charge in [0.25, 0.3) is 0 Å². The Kier molecular flexibility index (Phi) is 6.36. The zero-order valence-corrected chi connectivity index (χ0v) is 12.6. The number of rotatable bonds is 8. The van der Waals surface area contributed by atoms with E-state index in [0.717, 1.165) is 42.5 Å². The Bertz CT molecular complexity index is 431. The quantitative estimate of drug-likeness (QED) is 0.752. The molecule has 3 N–H and O–H groups in total. The molecule has 0 radical (unpaired) electrons. The van der Waals surface area contributed by atoms with Crippen molar-refractivity contribution in [2.45, 2.75) is 52.8 Å². The van der Waals surface area contributed by atoms with Crippen molar-refractivity contribution >= 4 is 5.69 Å². The minimum atomic E-state index is -1.32. The molecule has 0 aliphatic carbocycles. The van der Waals surface area contributed by atoms with E-state index in [4.69, 9.17) is 10.5 Å². The Labute approximate surface area is 121 Å². The summed E-state index contributed by atoms with van der Waals surface area (Å²) in [6.07, 6.45) is 2.42. The van der Waals surface area contributed by atoms with E-state index in [0.29, 0.717) is 11.6 Å². The van der Waals surface area contributed by atoms with Gasteiger partial charge in [0.2, 0.25) is 6.36 Å². The number of ether oxygens (including phenoxy) is 1. The highest BCUT2D eigenvalue weighted by atomic mass is 19.1. The molecule has 0 saturated carbocycles. The highest BCUT2D eigenvalue weighted by Crippen LogP contribution is 2.30. The van der Waals surface area contributed by atoms with Crippen molar-refractivity contribution < 1.29 is 9.13 Å². The highest BCUT2D eigenvalue weighted by Gasteiger charge is 2.12. The molecule has 20 heavy (non-hydrogen) atoms. The van der Waals surface area contributed by atoms with E-state index in [9.17, 15) is 4.39 Å². The van der Waals surface area contributed by atoms with Crippen LogP contribution >= 0.6 is 0 Å². The number of benzene rings is 1. The summed E-state index contributed by atoms with van der Waals surface area (Å²) in [6, 6.07) is 3.76. The minimum absolute atomic E-state index is 0.409. The van der Waals surface area contributed by atoms with Gasteiger partial charge in [-0.05, 0) is 36.1 Å². The van der Waals surface area contributed by atoms with Crippen molar-refractivity contribution in [3.63, 3.8) is 0 Å². The maximum Gasteiger partial charge on any atom is 0.235 e. The smallest absolute Gasteiger partial charge is 0.235 e. The number of anilines is 1. The first-order valence-corrected chi connectivity index (χ1v) is 7.15. The van der Waals surface area contributed by atoms with Gasteiger partial charge < -0.3 is 15.8 Å². The van der Waals surface area contributed by atoms with Crippen LogP contribution in [0.4, 0.5) is 10.1 Å². The van der Waals surface area contributed by atoms with Crippen molar-refractivity contribution in [1.82, 2.24) is 0 Å². The SMILES string of the molecule is C=C(N)Nc1c(CCC)cc(OC(C)F)cc1CCC. The standard InChI is InChI=1S/C16H25FN2O/c1-5-7-13-9-15(20-11(3)17)10-14(8-6-2)16(13)19-12(4)18/h9-11,19H,4-8,18H2,1-3H3. The largest absolute Gasteiger partial charge is 0.461 e. The van der Waals surface area contributed by atoms with Gasteiger partial charge in [-0.15, -0.1) is 0 Å². The van der Waals surface area contributed by atoms with Gasteiger partial charge in [-0.1, -0.05) is 33.3 Å². The molecule has 0 aliphatic heterocycles. The summed E-state index contributed by atoms with van der Waals surface area (Å²) >= 11 is 0. The Morgan fingerprint density at radius 2 is 1.80 bits per heavy atom. The predicted molar refractivity (Wildman–Crippen MR) is 82.6 cm³/mol. The van der Waals surface area contributed by atoms with Crippen LogP contribution in [0.15, 0.2) is 24.5 Å². The van der Waals surface area contributed by atoms with Gasteiger partial charge in [-0.2, -0.15) is 0 Å². The van der Waals surface area contributed by atoms with E-state index >= 15 is 0 Å². The number of hydrogen-bond donors (Lipinski definition) is 2. The Morgan fingerprint density at radius 3 is 2.15 bits per heavy atom. The third kappa shape index (κ3) is 4.76. The molecule has 1 aromatic carbocycles. The number of nitrogens with two attached hydrogens (primary N) is 1. The first kappa shape index (κ1) is 16.3. The number of nitrogens with one attached hydrogen (secondary N) is 1. The van der Waals surface area contributed by atoms with Gasteiger partial charge in [-0.25, -0.2) is 4.39 Å². The maximum atomic E-state index is 13.1. The second kappa shape index (κ2) is 7.78. The molecular weight excluding hydrogens is 255 g/mol. The fourth-order valence-corrected chi connectivity index (χ4v) is 2.25. The average Bonchev–Trinajstić information content (AvgIpc) is 2.33. The summed E-state index contributed by atoms with van der Waals surface area (Å²) in [4.78, 5) is 0. The molecular formula is C16H25FN2O. The summed E-state index contributed by atoms with van der Waals surface area (Å²) in [7, 11) is 0. The molecule has 1 unspecified atom stereocenters. The van der Waals surface area contributed by atoms with Gasteiger partial charge in [0.15, 0.2) is 0 Å². The monoisotopic (exact) mass is 280 g/mol. The van der Waals surface area contributed by atoms with E-state index in [1.54, 1.807) is 0 Å². The fourth-order valence-electron chi connectivity index (χ4n) is 2.25. The molecule has 0 saturated heterocycles. The highest BCUT2D eigenvalue weighted by molar-refractivity contribution is 5.63. The Balaban J connectivity index is 3.25. The third-order valence-electron chi connectivity index (χ3n) is 2.90. The lowest BCUT2D eigenvalue weighted by molar-refractivity contribution is 0.0859. The number of hydrogen-bond acceptors (Lipinski definition) is 3. The summed E-state index contributed by atoms with van der Waals surface area (Å²) in [6.45, 7) is 9.29. The van der Waals surface area contributed by atoms with E-state index < -0.39 is 6.36 Å². The molecule has 1 atom stereocenters. The summed E-state index contributed by atoms with van der Waals surface area (Å²) in [5.74, 6) is 0.979. The van der Waals surface area contributed by atoms with Crippen LogP contribution in [0.1, 0.15) is 44.7 Å². The lowest BCUT2D eigenvalue weighted by Gasteiger charge is -2.19. The first-order valence-electron chi connectivity index (χ1n) is 7.15. The lowest BCUT2D eigenvalue weighted by atomic mass is 9.99. The second-order valence-electron chi connectivity index (χ2n) is 4.93. The van der Waals surface area contributed by atoms with E-state index in [1.165, 1.54) is 6.92 Å². The van der Waals surface area contributed by atoms with E-state index in [1.807, 2.05) is 12.1 Å². The van der Waals surface area contributed by atoms with Crippen LogP contribution in [0.5, 0.6) is 5.75 Å². The van der Waals surface area contributed by atoms with Crippen LogP contribution < -0.4 is 15.8 Å². The number of aryl methyl sites for hydroxylation is 2. The van der Waals surface area contributed by atoms with Gasteiger partial charge in [0, 0.05) is 12.6 Å². The summed E-state index contributed by atoms with van der Waals surface area (Å²) in [5.41, 5.74) is 8.83. The topological polar surface area (TPSA) is 47.3 Å². The molecule has 0 spiro atoms. The maximum absolute atomic E-state index is 13.1. The third-order valence-corrected chi connectivity index (χ3v) is 2.90. The molecule has 112 valence electrons. The molecule has 4 heteroatoms. The number of alkyl halides is 1. The molecule has 0 fully saturated rings. The normalized spacial score (nSPS) is 12.0. The Morgan fingerprint density at radius 1 is 1.30 bits per heavy atom. The van der Waals surface area contributed by atoms with E-state index in [-0.39, 0.29) is 0 Å². The van der Waals surface area contributed by atoms with Gasteiger partial charge >= 0.3 is 0 Å². The van der Waals surface area contributed by atoms with Crippen molar-refractivity contribution in [2.75, 3.05) is 5.32 Å². The van der Waals surface area contributed by atoms with E-state index in [2.05, 4.69) is 25.7 Å². The van der Waals surface area contributed by atoms with Crippen molar-refractivity contribution in [3.8, 4) is 5.75 Å². The molecule has 1 aromatic rings. The van der Waals surface area contributed by atoms with Gasteiger partial charge in [0.05, 0.1) is 5.82 Å². The molecule has 1 rings (SSSR count). The van der Waals surface area contributed by atoms with Crippen molar-refractivity contribution in [3.05, 3.63) is 35.7 Å². The Hall–Kier alpha value is -1.71. The van der Waals surface area contributed by atoms with Crippen LogP contribution in [0, 0.1) is 0 Å². The average molecular weight is 280 g/mol.